The molecule has 4 heteroatoms. The van der Waals surface area contributed by atoms with Crippen LogP contribution in [-0.2, 0) is 4.74 Å². The van der Waals surface area contributed by atoms with Gasteiger partial charge in [0.2, 0.25) is 0 Å². The first-order chi connectivity index (χ1) is 9.48. The van der Waals surface area contributed by atoms with E-state index in [0.29, 0.717) is 25.4 Å². The predicted octanol–water partition coefficient (Wildman–Crippen LogP) is 3.98. The number of halogens is 2. The Bertz CT molecular complexity index is 460. The van der Waals surface area contributed by atoms with E-state index in [-0.39, 0.29) is 5.56 Å². The zero-order valence-electron chi connectivity index (χ0n) is 12.0. The number of ether oxygens (including phenoxy) is 1. The Hall–Kier alpha value is -1.00. The maximum absolute atomic E-state index is 13.9. The van der Waals surface area contributed by atoms with E-state index in [4.69, 9.17) is 4.74 Å². The molecule has 1 N–H and O–H groups in total. The second kappa shape index (κ2) is 6.19. The van der Waals surface area contributed by atoms with Crippen LogP contribution in [0.2, 0.25) is 0 Å². The fourth-order valence-corrected chi connectivity index (χ4v) is 3.30. The monoisotopic (exact) mass is 284 g/mol. The summed E-state index contributed by atoms with van der Waals surface area (Å²) in [7, 11) is 0. The molecule has 1 aliphatic carbocycles. The number of aliphatic hydroxyl groups is 1. The summed E-state index contributed by atoms with van der Waals surface area (Å²) in [5.74, 6) is -0.927. The lowest BCUT2D eigenvalue weighted by atomic mass is 9.74. The fourth-order valence-electron chi connectivity index (χ4n) is 3.30. The lowest BCUT2D eigenvalue weighted by molar-refractivity contribution is -0.150. The van der Waals surface area contributed by atoms with Crippen LogP contribution in [0.4, 0.5) is 8.78 Å². The molecule has 1 saturated carbocycles. The van der Waals surface area contributed by atoms with E-state index in [1.807, 2.05) is 6.92 Å². The van der Waals surface area contributed by atoms with Crippen LogP contribution in [0.1, 0.15) is 51.2 Å². The van der Waals surface area contributed by atoms with E-state index in [1.165, 1.54) is 12.1 Å². The molecule has 0 spiro atoms. The minimum atomic E-state index is -1.06. The summed E-state index contributed by atoms with van der Waals surface area (Å²) in [6.45, 7) is 4.45. The molecule has 0 aliphatic heterocycles. The summed E-state index contributed by atoms with van der Waals surface area (Å²) in [6.07, 6.45) is 2.36. The van der Waals surface area contributed by atoms with Gasteiger partial charge in [-0.2, -0.15) is 0 Å². The zero-order chi connectivity index (χ0) is 14.8. The van der Waals surface area contributed by atoms with Gasteiger partial charge in [-0.15, -0.1) is 0 Å². The molecule has 0 amide bonds. The molecular weight excluding hydrogens is 262 g/mol. The van der Waals surface area contributed by atoms with Gasteiger partial charge in [-0.1, -0.05) is 25.8 Å². The van der Waals surface area contributed by atoms with E-state index in [1.54, 1.807) is 0 Å². The van der Waals surface area contributed by atoms with E-state index < -0.39 is 23.3 Å². The number of rotatable bonds is 4. The minimum Gasteiger partial charge on any atom is -0.385 e. The molecule has 112 valence electrons. The molecule has 0 radical (unpaired) electrons. The molecule has 1 aromatic carbocycles. The van der Waals surface area contributed by atoms with Gasteiger partial charge in [0.15, 0.2) is 0 Å². The van der Waals surface area contributed by atoms with Crippen LogP contribution < -0.4 is 0 Å². The normalized spacial score (nSPS) is 28.4. The molecule has 1 aliphatic rings. The molecule has 1 aromatic rings. The van der Waals surface area contributed by atoms with Gasteiger partial charge >= 0.3 is 0 Å². The highest BCUT2D eigenvalue weighted by atomic mass is 19.1. The molecule has 1 fully saturated rings. The Kier molecular flexibility index (Phi) is 4.76. The lowest BCUT2D eigenvalue weighted by Crippen LogP contribution is -2.44. The smallest absolute Gasteiger partial charge is 0.132 e. The second-order valence-electron chi connectivity index (χ2n) is 5.77. The highest BCUT2D eigenvalue weighted by Crippen LogP contribution is 2.44. The molecule has 0 saturated heterocycles. The maximum Gasteiger partial charge on any atom is 0.132 e. The largest absolute Gasteiger partial charge is 0.385 e. The van der Waals surface area contributed by atoms with Crippen molar-refractivity contribution >= 4 is 0 Å². The first-order valence-corrected chi connectivity index (χ1v) is 7.25. The van der Waals surface area contributed by atoms with Crippen molar-refractivity contribution in [1.29, 1.82) is 0 Å². The van der Waals surface area contributed by atoms with Crippen LogP contribution in [0.5, 0.6) is 0 Å². The van der Waals surface area contributed by atoms with Crippen molar-refractivity contribution in [2.24, 2.45) is 5.92 Å². The van der Waals surface area contributed by atoms with Crippen LogP contribution in [0.25, 0.3) is 0 Å². The van der Waals surface area contributed by atoms with Crippen molar-refractivity contribution in [3.05, 3.63) is 35.4 Å². The third kappa shape index (κ3) is 3.01. The SMILES string of the molecule is CCOC1(C(O)c2ccc(F)cc2F)CCCC(C)C1. The lowest BCUT2D eigenvalue weighted by Gasteiger charge is -2.43. The van der Waals surface area contributed by atoms with Crippen molar-refractivity contribution in [1.82, 2.24) is 0 Å². The van der Waals surface area contributed by atoms with Crippen molar-refractivity contribution in [2.45, 2.75) is 51.2 Å². The number of aliphatic hydroxyl groups excluding tert-OH is 1. The van der Waals surface area contributed by atoms with Gasteiger partial charge in [0, 0.05) is 18.2 Å². The highest BCUT2D eigenvalue weighted by Gasteiger charge is 2.43. The second-order valence-corrected chi connectivity index (χ2v) is 5.77. The van der Waals surface area contributed by atoms with Crippen LogP contribution in [0, 0.1) is 17.6 Å². The Balaban J connectivity index is 2.32. The van der Waals surface area contributed by atoms with Crippen LogP contribution in [0.15, 0.2) is 18.2 Å². The Morgan fingerprint density at radius 1 is 1.45 bits per heavy atom. The number of hydrogen-bond donors (Lipinski definition) is 1. The van der Waals surface area contributed by atoms with Gasteiger partial charge < -0.3 is 9.84 Å². The van der Waals surface area contributed by atoms with E-state index in [0.717, 1.165) is 18.9 Å². The molecule has 0 aromatic heterocycles. The summed E-state index contributed by atoms with van der Waals surface area (Å²) in [6, 6.07) is 3.30. The molecular formula is C16H22F2O2. The van der Waals surface area contributed by atoms with Crippen molar-refractivity contribution in [3.63, 3.8) is 0 Å². The Morgan fingerprint density at radius 2 is 2.20 bits per heavy atom. The third-order valence-electron chi connectivity index (χ3n) is 4.18. The summed E-state index contributed by atoms with van der Waals surface area (Å²) < 4.78 is 32.7. The average Bonchev–Trinajstić information content (AvgIpc) is 2.38. The molecule has 0 heterocycles. The predicted molar refractivity (Wildman–Crippen MR) is 73.3 cm³/mol. The number of benzene rings is 1. The van der Waals surface area contributed by atoms with Gasteiger partial charge in [0.25, 0.3) is 0 Å². The van der Waals surface area contributed by atoms with Gasteiger partial charge in [-0.05, 0) is 31.7 Å². The van der Waals surface area contributed by atoms with Gasteiger partial charge in [-0.3, -0.25) is 0 Å². The van der Waals surface area contributed by atoms with Crippen molar-refractivity contribution < 1.29 is 18.6 Å². The molecule has 3 atom stereocenters. The zero-order valence-corrected chi connectivity index (χ0v) is 12.0. The molecule has 2 rings (SSSR count). The molecule has 0 bridgehead atoms. The topological polar surface area (TPSA) is 29.5 Å². The highest BCUT2D eigenvalue weighted by molar-refractivity contribution is 5.24. The standard InChI is InChI=1S/C16H22F2O2/c1-3-20-16(8-4-5-11(2)10-16)15(19)13-7-6-12(17)9-14(13)18/h6-7,9,11,15,19H,3-5,8,10H2,1-2H3. The quantitative estimate of drug-likeness (QED) is 0.906. The molecule has 3 unspecified atom stereocenters. The summed E-state index contributed by atoms with van der Waals surface area (Å²) in [5.41, 5.74) is -0.639. The number of hydrogen-bond acceptors (Lipinski definition) is 2. The average molecular weight is 284 g/mol. The van der Waals surface area contributed by atoms with Crippen LogP contribution in [-0.4, -0.2) is 17.3 Å². The Labute approximate surface area is 118 Å². The summed E-state index contributed by atoms with van der Waals surface area (Å²) >= 11 is 0. The van der Waals surface area contributed by atoms with Gasteiger partial charge in [0.05, 0.1) is 5.60 Å². The van der Waals surface area contributed by atoms with E-state index in [9.17, 15) is 13.9 Å². The summed E-state index contributed by atoms with van der Waals surface area (Å²) in [4.78, 5) is 0. The van der Waals surface area contributed by atoms with Gasteiger partial charge in [0.1, 0.15) is 17.7 Å². The van der Waals surface area contributed by atoms with Crippen molar-refractivity contribution in [3.8, 4) is 0 Å². The summed E-state index contributed by atoms with van der Waals surface area (Å²) in [5, 5.41) is 10.6. The van der Waals surface area contributed by atoms with Crippen LogP contribution in [0.3, 0.4) is 0 Å². The first-order valence-electron chi connectivity index (χ1n) is 7.25. The first kappa shape index (κ1) is 15.4. The fraction of sp³-hybridized carbons (Fsp3) is 0.625. The van der Waals surface area contributed by atoms with Crippen molar-refractivity contribution in [2.75, 3.05) is 6.61 Å². The van der Waals surface area contributed by atoms with Crippen LogP contribution >= 0.6 is 0 Å². The minimum absolute atomic E-state index is 0.119. The van der Waals surface area contributed by atoms with E-state index in [2.05, 4.69) is 6.92 Å². The maximum atomic E-state index is 13.9. The van der Waals surface area contributed by atoms with E-state index >= 15 is 0 Å². The molecule has 20 heavy (non-hydrogen) atoms. The molecule has 2 nitrogen and oxygen atoms in total. The Morgan fingerprint density at radius 3 is 2.80 bits per heavy atom. The van der Waals surface area contributed by atoms with Gasteiger partial charge in [-0.25, -0.2) is 8.78 Å². The third-order valence-corrected chi connectivity index (χ3v) is 4.18.